The Balaban J connectivity index is 1.59. The number of ether oxygens (including phenoxy) is 1. The van der Waals surface area contributed by atoms with E-state index in [9.17, 15) is 9.59 Å². The Kier molecular flexibility index (Phi) is 4.17. The van der Waals surface area contributed by atoms with E-state index >= 15 is 0 Å². The lowest BCUT2D eigenvalue weighted by atomic mass is 9.82. The zero-order chi connectivity index (χ0) is 17.8. The molecule has 25 heavy (non-hydrogen) atoms. The van der Waals surface area contributed by atoms with Gasteiger partial charge in [0.15, 0.2) is 0 Å². The summed E-state index contributed by atoms with van der Waals surface area (Å²) >= 11 is 2.24. The first kappa shape index (κ1) is 17.1. The summed E-state index contributed by atoms with van der Waals surface area (Å²) in [6.07, 6.45) is 6.36. The maximum Gasteiger partial charge on any atom is 0.310 e. The fourth-order valence-electron chi connectivity index (χ4n) is 4.75. The number of hydrogen-bond acceptors (Lipinski definition) is 3. The van der Waals surface area contributed by atoms with E-state index in [1.54, 1.807) is 0 Å². The van der Waals surface area contributed by atoms with Gasteiger partial charge in [0, 0.05) is 9.26 Å². The van der Waals surface area contributed by atoms with E-state index in [1.807, 2.05) is 38.1 Å². The summed E-state index contributed by atoms with van der Waals surface area (Å²) in [4.78, 5) is 25.8. The van der Waals surface area contributed by atoms with Gasteiger partial charge in [-0.15, -0.1) is 0 Å². The smallest absolute Gasteiger partial charge is 0.310 e. The summed E-state index contributed by atoms with van der Waals surface area (Å²) in [6, 6.07) is 7.72. The maximum atomic E-state index is 13.1. The molecule has 1 spiro atoms. The monoisotopic (exact) mass is 451 g/mol. The van der Waals surface area contributed by atoms with E-state index in [0.717, 1.165) is 22.1 Å². The number of carbonyl (C=O) groups excluding carboxylic acids is 2. The molecule has 2 saturated carbocycles. The van der Waals surface area contributed by atoms with Crippen LogP contribution in [0.15, 0.2) is 36.4 Å². The van der Waals surface area contributed by atoms with Crippen LogP contribution >= 0.6 is 22.6 Å². The van der Waals surface area contributed by atoms with Gasteiger partial charge in [-0.3, -0.25) is 9.59 Å². The molecule has 0 aliphatic heterocycles. The number of esters is 1. The van der Waals surface area contributed by atoms with Crippen LogP contribution in [0, 0.1) is 32.7 Å². The molecular weight excluding hydrogens is 429 g/mol. The molecule has 3 aliphatic rings. The van der Waals surface area contributed by atoms with Gasteiger partial charge in [0.05, 0.1) is 17.9 Å². The number of carbonyl (C=O) groups is 2. The molecule has 1 aromatic carbocycles. The number of rotatable bonds is 4. The SMILES string of the molecule is CC(C)OC(=O)C1C(C(=O)Nc2ccc(I)cc2)C2C=CC1C21CC1. The third kappa shape index (κ3) is 2.80. The number of hydrogen-bond donors (Lipinski definition) is 1. The van der Waals surface area contributed by atoms with Crippen LogP contribution in [0.1, 0.15) is 26.7 Å². The molecule has 0 heterocycles. The Morgan fingerprint density at radius 2 is 1.72 bits per heavy atom. The van der Waals surface area contributed by atoms with Crippen LogP contribution in [0.5, 0.6) is 0 Å². The van der Waals surface area contributed by atoms with Crippen LogP contribution in [0.25, 0.3) is 0 Å². The number of amides is 1. The molecule has 0 radical (unpaired) electrons. The van der Waals surface area contributed by atoms with E-state index < -0.39 is 0 Å². The number of allylic oxidation sites excluding steroid dienone is 2. The molecule has 1 amide bonds. The zero-order valence-corrected chi connectivity index (χ0v) is 16.5. The van der Waals surface area contributed by atoms with Crippen molar-refractivity contribution in [1.82, 2.24) is 0 Å². The summed E-state index contributed by atoms with van der Waals surface area (Å²) in [7, 11) is 0. The first-order valence-corrected chi connectivity index (χ1v) is 9.95. The van der Waals surface area contributed by atoms with E-state index in [2.05, 4.69) is 40.1 Å². The average molecular weight is 451 g/mol. The third-order valence-electron chi connectivity index (χ3n) is 5.88. The topological polar surface area (TPSA) is 55.4 Å². The highest BCUT2D eigenvalue weighted by Crippen LogP contribution is 2.72. The molecule has 1 N–H and O–H groups in total. The molecule has 0 aromatic heterocycles. The van der Waals surface area contributed by atoms with E-state index in [-0.39, 0.29) is 47.1 Å². The molecule has 2 bridgehead atoms. The molecule has 4 atom stereocenters. The standard InChI is InChI=1S/C20H22INO3/c1-11(2)25-19(24)17-15-8-7-14(20(15)9-10-20)16(17)18(23)22-13-5-3-12(21)4-6-13/h3-8,11,14-17H,9-10H2,1-2H3,(H,22,23). The van der Waals surface area contributed by atoms with E-state index in [0.29, 0.717) is 0 Å². The highest BCUT2D eigenvalue weighted by Gasteiger charge is 2.70. The van der Waals surface area contributed by atoms with Gasteiger partial charge in [-0.2, -0.15) is 0 Å². The van der Waals surface area contributed by atoms with Crippen LogP contribution in [0.2, 0.25) is 0 Å². The van der Waals surface area contributed by atoms with Crippen molar-refractivity contribution in [3.05, 3.63) is 40.0 Å². The van der Waals surface area contributed by atoms with Crippen LogP contribution in [0.3, 0.4) is 0 Å². The second-order valence-corrected chi connectivity index (χ2v) is 8.95. The molecule has 132 valence electrons. The fourth-order valence-corrected chi connectivity index (χ4v) is 5.11. The van der Waals surface area contributed by atoms with Crippen LogP contribution < -0.4 is 5.32 Å². The highest BCUT2D eigenvalue weighted by atomic mass is 127. The van der Waals surface area contributed by atoms with Gasteiger partial charge in [-0.25, -0.2) is 0 Å². The summed E-state index contributed by atoms with van der Waals surface area (Å²) < 4.78 is 6.62. The molecule has 3 aliphatic carbocycles. The molecule has 0 saturated heterocycles. The predicted octanol–water partition coefficient (Wildman–Crippen LogP) is 4.01. The minimum absolute atomic E-state index is 0.0601. The molecule has 4 unspecified atom stereocenters. The van der Waals surface area contributed by atoms with Crippen molar-refractivity contribution in [3.63, 3.8) is 0 Å². The summed E-state index contributed by atoms with van der Waals surface area (Å²) in [5.74, 6) is -0.662. The van der Waals surface area contributed by atoms with Gasteiger partial charge in [-0.05, 0) is 90.8 Å². The quantitative estimate of drug-likeness (QED) is 0.428. The third-order valence-corrected chi connectivity index (χ3v) is 6.60. The lowest BCUT2D eigenvalue weighted by Gasteiger charge is -2.26. The summed E-state index contributed by atoms with van der Waals surface area (Å²) in [6.45, 7) is 3.71. The van der Waals surface area contributed by atoms with E-state index in [4.69, 9.17) is 4.74 Å². The highest BCUT2D eigenvalue weighted by molar-refractivity contribution is 14.1. The second kappa shape index (κ2) is 6.11. The first-order valence-electron chi connectivity index (χ1n) is 8.87. The number of benzene rings is 1. The van der Waals surface area contributed by atoms with Gasteiger partial charge in [0.1, 0.15) is 0 Å². The second-order valence-electron chi connectivity index (χ2n) is 7.70. The number of halogens is 1. The Bertz CT molecular complexity index is 736. The molecular formula is C20H22INO3. The molecule has 1 aromatic rings. The first-order chi connectivity index (χ1) is 11.9. The molecule has 4 rings (SSSR count). The van der Waals surface area contributed by atoms with Gasteiger partial charge < -0.3 is 10.1 Å². The van der Waals surface area contributed by atoms with Crippen molar-refractivity contribution in [2.24, 2.45) is 29.1 Å². The van der Waals surface area contributed by atoms with Gasteiger partial charge >= 0.3 is 5.97 Å². The molecule has 4 nitrogen and oxygen atoms in total. The summed E-state index contributed by atoms with van der Waals surface area (Å²) in [5.41, 5.74) is 0.910. The largest absolute Gasteiger partial charge is 0.463 e. The number of nitrogens with one attached hydrogen (secondary N) is 1. The fraction of sp³-hybridized carbons (Fsp3) is 0.500. The lowest BCUT2D eigenvalue weighted by Crippen LogP contribution is -2.38. The minimum atomic E-state index is -0.358. The zero-order valence-electron chi connectivity index (χ0n) is 14.4. The molecule has 2 fully saturated rings. The van der Waals surface area contributed by atoms with Crippen LogP contribution in [0.4, 0.5) is 5.69 Å². The Hall–Kier alpha value is -1.37. The summed E-state index contributed by atoms with van der Waals surface area (Å²) in [5, 5.41) is 3.02. The van der Waals surface area contributed by atoms with Gasteiger partial charge in [-0.1, -0.05) is 12.2 Å². The normalized spacial score (nSPS) is 30.7. The predicted molar refractivity (Wildman–Crippen MR) is 104 cm³/mol. The minimum Gasteiger partial charge on any atom is -0.463 e. The maximum absolute atomic E-state index is 13.1. The van der Waals surface area contributed by atoms with Gasteiger partial charge in [0.2, 0.25) is 5.91 Å². The lowest BCUT2D eigenvalue weighted by molar-refractivity contribution is -0.156. The van der Waals surface area contributed by atoms with Crippen molar-refractivity contribution in [3.8, 4) is 0 Å². The Labute approximate surface area is 161 Å². The van der Waals surface area contributed by atoms with E-state index in [1.165, 1.54) is 0 Å². The van der Waals surface area contributed by atoms with Crippen LogP contribution in [-0.4, -0.2) is 18.0 Å². The average Bonchev–Trinajstić information content (AvgIpc) is 3.22. The van der Waals surface area contributed by atoms with Crippen molar-refractivity contribution < 1.29 is 14.3 Å². The van der Waals surface area contributed by atoms with Crippen molar-refractivity contribution in [2.75, 3.05) is 5.32 Å². The van der Waals surface area contributed by atoms with Crippen molar-refractivity contribution in [1.29, 1.82) is 0 Å². The van der Waals surface area contributed by atoms with Gasteiger partial charge in [0.25, 0.3) is 0 Å². The Morgan fingerprint density at radius 1 is 1.12 bits per heavy atom. The Morgan fingerprint density at radius 3 is 2.28 bits per heavy atom. The van der Waals surface area contributed by atoms with Crippen molar-refractivity contribution >= 4 is 40.2 Å². The molecule has 5 heteroatoms. The van der Waals surface area contributed by atoms with Crippen molar-refractivity contribution in [2.45, 2.75) is 32.8 Å². The number of anilines is 1. The van der Waals surface area contributed by atoms with Crippen LogP contribution in [-0.2, 0) is 14.3 Å².